The summed E-state index contributed by atoms with van der Waals surface area (Å²) in [6.45, 7) is 0. The monoisotopic (exact) mass is 299 g/mol. The molecule has 1 amide bonds. The van der Waals surface area contributed by atoms with Gasteiger partial charge in [-0.3, -0.25) is 4.79 Å². The Bertz CT molecular complexity index is 683. The van der Waals surface area contributed by atoms with Gasteiger partial charge in [-0.15, -0.1) is 13.2 Å². The van der Waals surface area contributed by atoms with Crippen LogP contribution in [0.5, 0.6) is 5.75 Å². The van der Waals surface area contributed by atoms with E-state index in [9.17, 15) is 22.4 Å². The highest BCUT2D eigenvalue weighted by atomic mass is 19.4. The smallest absolute Gasteiger partial charge is 0.406 e. The first kappa shape index (κ1) is 14.8. The van der Waals surface area contributed by atoms with Gasteiger partial charge in [-0.05, 0) is 41.5 Å². The minimum absolute atomic E-state index is 0.000517. The number of carbonyl (C=O) groups is 1. The Hall–Kier alpha value is -2.57. The van der Waals surface area contributed by atoms with Gasteiger partial charge in [-0.2, -0.15) is 0 Å². The Morgan fingerprint density at radius 1 is 1.10 bits per heavy atom. The minimum Gasteiger partial charge on any atom is -0.406 e. The van der Waals surface area contributed by atoms with Crippen LogP contribution in [0, 0.1) is 5.82 Å². The summed E-state index contributed by atoms with van der Waals surface area (Å²) < 4.78 is 53.7. The summed E-state index contributed by atoms with van der Waals surface area (Å²) in [6, 6.07) is 8.10. The molecule has 2 aromatic rings. The van der Waals surface area contributed by atoms with Gasteiger partial charge in [0, 0.05) is 5.56 Å². The topological polar surface area (TPSA) is 52.3 Å². The van der Waals surface area contributed by atoms with Crippen LogP contribution in [-0.4, -0.2) is 12.3 Å². The molecule has 0 unspecified atom stereocenters. The van der Waals surface area contributed by atoms with E-state index in [0.29, 0.717) is 0 Å². The Morgan fingerprint density at radius 2 is 1.81 bits per heavy atom. The van der Waals surface area contributed by atoms with Crippen LogP contribution in [0.1, 0.15) is 10.4 Å². The molecule has 21 heavy (non-hydrogen) atoms. The predicted molar refractivity (Wildman–Crippen MR) is 67.0 cm³/mol. The van der Waals surface area contributed by atoms with Gasteiger partial charge in [0.2, 0.25) is 5.91 Å². The average molecular weight is 299 g/mol. The molecular weight excluding hydrogens is 290 g/mol. The summed E-state index contributed by atoms with van der Waals surface area (Å²) in [5, 5.41) is 0. The summed E-state index contributed by atoms with van der Waals surface area (Å²) in [6.07, 6.45) is -4.84. The normalized spacial score (nSPS) is 11.2. The Labute approximate surface area is 116 Å². The zero-order chi connectivity index (χ0) is 15.6. The fourth-order valence-electron chi connectivity index (χ4n) is 1.83. The second-order valence-electron chi connectivity index (χ2n) is 4.13. The Morgan fingerprint density at radius 3 is 2.43 bits per heavy atom. The maximum atomic E-state index is 13.3. The number of hydrogen-bond acceptors (Lipinski definition) is 2. The van der Waals surface area contributed by atoms with Crippen molar-refractivity contribution in [3.8, 4) is 16.9 Å². The van der Waals surface area contributed by atoms with E-state index in [0.717, 1.165) is 24.3 Å². The first-order valence-electron chi connectivity index (χ1n) is 5.72. The van der Waals surface area contributed by atoms with Crippen LogP contribution in [0.2, 0.25) is 0 Å². The number of halogens is 4. The lowest BCUT2D eigenvalue weighted by Gasteiger charge is -2.11. The zero-order valence-electron chi connectivity index (χ0n) is 10.4. The van der Waals surface area contributed by atoms with Crippen molar-refractivity contribution in [2.75, 3.05) is 0 Å². The molecule has 0 radical (unpaired) electrons. The van der Waals surface area contributed by atoms with Gasteiger partial charge >= 0.3 is 6.36 Å². The largest absolute Gasteiger partial charge is 0.573 e. The third-order valence-corrected chi connectivity index (χ3v) is 2.63. The molecule has 0 saturated heterocycles. The molecule has 0 saturated carbocycles. The number of alkyl halides is 3. The first-order valence-corrected chi connectivity index (χ1v) is 5.72. The van der Waals surface area contributed by atoms with E-state index < -0.39 is 23.8 Å². The standard InChI is InChI=1S/C14H9F4NO2/c15-9-4-5-11(13(19)20)12(7-9)8-2-1-3-10(6-8)21-14(16,17)18/h1-7H,(H2,19,20). The SMILES string of the molecule is NC(=O)c1ccc(F)cc1-c1cccc(OC(F)(F)F)c1. The summed E-state index contributed by atoms with van der Waals surface area (Å²) in [5.41, 5.74) is 5.45. The van der Waals surface area contributed by atoms with Gasteiger partial charge < -0.3 is 10.5 Å². The summed E-state index contributed by atoms with van der Waals surface area (Å²) in [7, 11) is 0. The van der Waals surface area contributed by atoms with Crippen molar-refractivity contribution in [3.63, 3.8) is 0 Å². The molecule has 0 atom stereocenters. The van der Waals surface area contributed by atoms with Crippen molar-refractivity contribution in [1.29, 1.82) is 0 Å². The molecular formula is C14H9F4NO2. The van der Waals surface area contributed by atoms with E-state index in [2.05, 4.69) is 4.74 Å². The Kier molecular flexibility index (Phi) is 3.84. The van der Waals surface area contributed by atoms with E-state index in [1.165, 1.54) is 18.2 Å². The van der Waals surface area contributed by atoms with Gasteiger partial charge in [0.1, 0.15) is 11.6 Å². The van der Waals surface area contributed by atoms with Crippen LogP contribution in [-0.2, 0) is 0 Å². The van der Waals surface area contributed by atoms with Crippen LogP contribution >= 0.6 is 0 Å². The highest BCUT2D eigenvalue weighted by Gasteiger charge is 2.31. The van der Waals surface area contributed by atoms with Crippen molar-refractivity contribution in [2.45, 2.75) is 6.36 Å². The average Bonchev–Trinajstić information content (AvgIpc) is 2.36. The zero-order valence-corrected chi connectivity index (χ0v) is 10.4. The summed E-state index contributed by atoms with van der Waals surface area (Å²) in [5.74, 6) is -1.93. The number of primary amides is 1. The van der Waals surface area contributed by atoms with E-state index in [-0.39, 0.29) is 16.7 Å². The first-order chi connectivity index (χ1) is 9.76. The van der Waals surface area contributed by atoms with E-state index in [4.69, 9.17) is 5.73 Å². The second kappa shape index (κ2) is 5.43. The van der Waals surface area contributed by atoms with E-state index >= 15 is 0 Å². The van der Waals surface area contributed by atoms with Gasteiger partial charge in [-0.1, -0.05) is 12.1 Å². The number of carbonyl (C=O) groups excluding carboxylic acids is 1. The highest BCUT2D eigenvalue weighted by molar-refractivity contribution is 5.99. The fourth-order valence-corrected chi connectivity index (χ4v) is 1.83. The third-order valence-electron chi connectivity index (χ3n) is 2.63. The lowest BCUT2D eigenvalue weighted by atomic mass is 9.99. The van der Waals surface area contributed by atoms with Crippen molar-refractivity contribution in [2.24, 2.45) is 5.73 Å². The number of amides is 1. The van der Waals surface area contributed by atoms with Crippen molar-refractivity contribution in [1.82, 2.24) is 0 Å². The third kappa shape index (κ3) is 3.71. The van der Waals surface area contributed by atoms with Crippen LogP contribution in [0.3, 0.4) is 0 Å². The molecule has 7 heteroatoms. The number of rotatable bonds is 3. The molecule has 0 spiro atoms. The number of hydrogen-bond donors (Lipinski definition) is 1. The van der Waals surface area contributed by atoms with Crippen molar-refractivity contribution in [3.05, 3.63) is 53.8 Å². The van der Waals surface area contributed by atoms with Gasteiger partial charge in [-0.25, -0.2) is 4.39 Å². The molecule has 2 N–H and O–H groups in total. The number of benzene rings is 2. The van der Waals surface area contributed by atoms with Crippen LogP contribution in [0.25, 0.3) is 11.1 Å². The summed E-state index contributed by atoms with van der Waals surface area (Å²) >= 11 is 0. The van der Waals surface area contributed by atoms with Crippen molar-refractivity contribution >= 4 is 5.91 Å². The maximum absolute atomic E-state index is 13.3. The molecule has 0 aliphatic carbocycles. The predicted octanol–water partition coefficient (Wildman–Crippen LogP) is 3.49. The van der Waals surface area contributed by atoms with Crippen LogP contribution in [0.15, 0.2) is 42.5 Å². The number of ether oxygens (including phenoxy) is 1. The molecule has 2 rings (SSSR count). The van der Waals surface area contributed by atoms with Crippen LogP contribution in [0.4, 0.5) is 17.6 Å². The molecule has 0 aromatic heterocycles. The lowest BCUT2D eigenvalue weighted by molar-refractivity contribution is -0.274. The molecule has 2 aromatic carbocycles. The Balaban J connectivity index is 2.50. The highest BCUT2D eigenvalue weighted by Crippen LogP contribution is 2.30. The molecule has 110 valence electrons. The summed E-state index contributed by atoms with van der Waals surface area (Å²) in [4.78, 5) is 11.3. The lowest BCUT2D eigenvalue weighted by Crippen LogP contribution is -2.17. The van der Waals surface area contributed by atoms with Crippen molar-refractivity contribution < 1.29 is 27.1 Å². The van der Waals surface area contributed by atoms with Gasteiger partial charge in [0.15, 0.2) is 0 Å². The van der Waals surface area contributed by atoms with Gasteiger partial charge in [0.05, 0.1) is 0 Å². The molecule has 0 bridgehead atoms. The molecule has 0 fully saturated rings. The fraction of sp³-hybridized carbons (Fsp3) is 0.0714. The minimum atomic E-state index is -4.84. The van der Waals surface area contributed by atoms with Crippen LogP contribution < -0.4 is 10.5 Å². The quantitative estimate of drug-likeness (QED) is 0.882. The van der Waals surface area contributed by atoms with E-state index in [1.807, 2.05) is 0 Å². The molecule has 0 aliphatic rings. The van der Waals surface area contributed by atoms with Gasteiger partial charge in [0.25, 0.3) is 0 Å². The van der Waals surface area contributed by atoms with E-state index in [1.54, 1.807) is 0 Å². The maximum Gasteiger partial charge on any atom is 0.573 e. The number of nitrogens with two attached hydrogens (primary N) is 1. The molecule has 0 heterocycles. The molecule has 3 nitrogen and oxygen atoms in total. The molecule has 0 aliphatic heterocycles. The second-order valence-corrected chi connectivity index (χ2v) is 4.13.